The topological polar surface area (TPSA) is 58.4 Å². The first-order valence-electron chi connectivity index (χ1n) is 6.29. The SMILES string of the molecule is O=C(Cn1ncccc1=O)N1CCN(CCF)CC1. The van der Waals surface area contributed by atoms with Crippen molar-refractivity contribution >= 4 is 5.91 Å². The van der Waals surface area contributed by atoms with Gasteiger partial charge in [-0.3, -0.25) is 14.5 Å². The largest absolute Gasteiger partial charge is 0.339 e. The normalized spacial score (nSPS) is 16.6. The van der Waals surface area contributed by atoms with E-state index < -0.39 is 0 Å². The lowest BCUT2D eigenvalue weighted by Crippen LogP contribution is -2.50. The molecule has 6 nitrogen and oxygen atoms in total. The quantitative estimate of drug-likeness (QED) is 0.728. The number of amides is 1. The minimum atomic E-state index is -0.364. The number of carbonyl (C=O) groups excluding carboxylic acids is 1. The summed E-state index contributed by atoms with van der Waals surface area (Å²) < 4.78 is 13.3. The molecule has 0 saturated carbocycles. The van der Waals surface area contributed by atoms with E-state index in [0.29, 0.717) is 32.7 Å². The molecular weight excluding hydrogens is 251 g/mol. The van der Waals surface area contributed by atoms with Gasteiger partial charge in [0.25, 0.3) is 5.56 Å². The summed E-state index contributed by atoms with van der Waals surface area (Å²) in [5, 5.41) is 3.85. The van der Waals surface area contributed by atoms with Crippen molar-refractivity contribution in [2.45, 2.75) is 6.54 Å². The Balaban J connectivity index is 1.88. The second-order valence-corrected chi connectivity index (χ2v) is 4.43. The third kappa shape index (κ3) is 3.60. The van der Waals surface area contributed by atoms with Gasteiger partial charge in [-0.25, -0.2) is 9.07 Å². The van der Waals surface area contributed by atoms with Crippen molar-refractivity contribution in [2.24, 2.45) is 0 Å². The molecule has 0 aliphatic carbocycles. The highest BCUT2D eigenvalue weighted by Crippen LogP contribution is 2.02. The van der Waals surface area contributed by atoms with Crippen LogP contribution in [0.1, 0.15) is 0 Å². The van der Waals surface area contributed by atoms with Crippen molar-refractivity contribution in [3.63, 3.8) is 0 Å². The van der Waals surface area contributed by atoms with Crippen LogP contribution >= 0.6 is 0 Å². The lowest BCUT2D eigenvalue weighted by Gasteiger charge is -2.34. The molecule has 7 heteroatoms. The molecule has 1 aliphatic rings. The van der Waals surface area contributed by atoms with Gasteiger partial charge in [0.15, 0.2) is 0 Å². The zero-order valence-corrected chi connectivity index (χ0v) is 10.7. The molecule has 1 aromatic heterocycles. The van der Waals surface area contributed by atoms with Gasteiger partial charge in [0, 0.05) is 45.0 Å². The second-order valence-electron chi connectivity index (χ2n) is 4.43. The zero-order chi connectivity index (χ0) is 13.7. The number of alkyl halides is 1. The maximum atomic E-state index is 12.2. The first-order chi connectivity index (χ1) is 9.20. The monoisotopic (exact) mass is 268 g/mol. The van der Waals surface area contributed by atoms with Gasteiger partial charge in [-0.15, -0.1) is 0 Å². The smallest absolute Gasteiger partial charge is 0.267 e. The van der Waals surface area contributed by atoms with Gasteiger partial charge in [0.1, 0.15) is 13.2 Å². The standard InChI is InChI=1S/C12H17FN4O2/c13-3-5-15-6-8-16(9-7-15)12(19)10-17-11(18)2-1-4-14-17/h1-2,4H,3,5-10H2. The Labute approximate surface area is 110 Å². The fraction of sp³-hybridized carbons (Fsp3) is 0.583. The van der Waals surface area contributed by atoms with E-state index in [1.807, 2.05) is 4.90 Å². The Morgan fingerprint density at radius 3 is 2.68 bits per heavy atom. The minimum absolute atomic E-state index is 0.0389. The van der Waals surface area contributed by atoms with E-state index in [1.54, 1.807) is 11.0 Å². The predicted molar refractivity (Wildman–Crippen MR) is 67.5 cm³/mol. The molecule has 104 valence electrons. The van der Waals surface area contributed by atoms with Crippen LogP contribution in [0.4, 0.5) is 4.39 Å². The molecule has 0 spiro atoms. The van der Waals surface area contributed by atoms with Crippen LogP contribution in [-0.2, 0) is 11.3 Å². The van der Waals surface area contributed by atoms with Crippen molar-refractivity contribution in [3.05, 3.63) is 28.7 Å². The second kappa shape index (κ2) is 6.42. The van der Waals surface area contributed by atoms with E-state index in [-0.39, 0.29) is 24.7 Å². The Hall–Kier alpha value is -1.76. The molecule has 0 atom stereocenters. The van der Waals surface area contributed by atoms with Crippen LogP contribution in [0.5, 0.6) is 0 Å². The summed E-state index contributed by atoms with van der Waals surface area (Å²) in [6, 6.07) is 2.92. The Morgan fingerprint density at radius 1 is 1.32 bits per heavy atom. The highest BCUT2D eigenvalue weighted by atomic mass is 19.1. The van der Waals surface area contributed by atoms with Crippen molar-refractivity contribution in [1.29, 1.82) is 0 Å². The van der Waals surface area contributed by atoms with Crippen molar-refractivity contribution in [1.82, 2.24) is 19.6 Å². The Morgan fingerprint density at radius 2 is 2.05 bits per heavy atom. The van der Waals surface area contributed by atoms with E-state index in [9.17, 15) is 14.0 Å². The van der Waals surface area contributed by atoms with Crippen molar-refractivity contribution < 1.29 is 9.18 Å². The summed E-state index contributed by atoms with van der Waals surface area (Å²) in [4.78, 5) is 27.1. The molecule has 0 N–H and O–H groups in total. The summed E-state index contributed by atoms with van der Waals surface area (Å²) >= 11 is 0. The van der Waals surface area contributed by atoms with Crippen molar-refractivity contribution in [3.8, 4) is 0 Å². The molecule has 1 amide bonds. The fourth-order valence-electron chi connectivity index (χ4n) is 2.07. The van der Waals surface area contributed by atoms with Crippen LogP contribution in [-0.4, -0.2) is 64.9 Å². The maximum Gasteiger partial charge on any atom is 0.267 e. The molecule has 0 unspecified atom stereocenters. The van der Waals surface area contributed by atoms with Gasteiger partial charge < -0.3 is 4.90 Å². The maximum absolute atomic E-state index is 12.2. The molecule has 0 radical (unpaired) electrons. The molecule has 1 saturated heterocycles. The number of carbonyl (C=O) groups is 1. The highest BCUT2D eigenvalue weighted by Gasteiger charge is 2.21. The number of nitrogens with zero attached hydrogens (tertiary/aromatic N) is 4. The van der Waals surface area contributed by atoms with Crippen molar-refractivity contribution in [2.75, 3.05) is 39.4 Å². The average Bonchev–Trinajstić information content (AvgIpc) is 2.42. The summed E-state index contributed by atoms with van der Waals surface area (Å²) in [7, 11) is 0. The van der Waals surface area contributed by atoms with Gasteiger partial charge in [-0.1, -0.05) is 0 Å². The number of hydrogen-bond acceptors (Lipinski definition) is 4. The molecule has 2 heterocycles. The third-order valence-electron chi connectivity index (χ3n) is 3.20. The molecule has 19 heavy (non-hydrogen) atoms. The van der Waals surface area contributed by atoms with Crippen LogP contribution in [0.15, 0.2) is 23.1 Å². The number of aromatic nitrogens is 2. The molecule has 0 bridgehead atoms. The van der Waals surface area contributed by atoms with E-state index in [2.05, 4.69) is 5.10 Å². The first-order valence-corrected chi connectivity index (χ1v) is 6.29. The number of rotatable bonds is 4. The molecule has 1 aliphatic heterocycles. The average molecular weight is 268 g/mol. The molecule has 1 fully saturated rings. The summed E-state index contributed by atoms with van der Waals surface area (Å²) in [5.41, 5.74) is -0.285. The molecule has 2 rings (SSSR count). The summed E-state index contributed by atoms with van der Waals surface area (Å²) in [5.74, 6) is -0.124. The van der Waals surface area contributed by atoms with Gasteiger partial charge in [0.2, 0.25) is 5.91 Å². The van der Waals surface area contributed by atoms with Gasteiger partial charge in [0.05, 0.1) is 0 Å². The predicted octanol–water partition coefficient (Wildman–Crippen LogP) is -0.643. The van der Waals surface area contributed by atoms with E-state index >= 15 is 0 Å². The molecular formula is C12H17FN4O2. The Kier molecular flexibility index (Phi) is 4.62. The van der Waals surface area contributed by atoms with Crippen LogP contribution in [0, 0.1) is 0 Å². The lowest BCUT2D eigenvalue weighted by atomic mass is 10.3. The van der Waals surface area contributed by atoms with Gasteiger partial charge in [-0.05, 0) is 6.07 Å². The zero-order valence-electron chi connectivity index (χ0n) is 10.7. The van der Waals surface area contributed by atoms with E-state index in [0.717, 1.165) is 4.68 Å². The number of halogens is 1. The molecule has 1 aromatic rings. The van der Waals surface area contributed by atoms with Crippen LogP contribution in [0.3, 0.4) is 0 Å². The van der Waals surface area contributed by atoms with Crippen LogP contribution < -0.4 is 5.56 Å². The van der Waals surface area contributed by atoms with Gasteiger partial charge >= 0.3 is 0 Å². The highest BCUT2D eigenvalue weighted by molar-refractivity contribution is 5.76. The Bertz CT molecular complexity index is 483. The van der Waals surface area contributed by atoms with E-state index in [4.69, 9.17) is 0 Å². The fourth-order valence-corrected chi connectivity index (χ4v) is 2.07. The first kappa shape index (κ1) is 13.7. The molecule has 0 aromatic carbocycles. The minimum Gasteiger partial charge on any atom is -0.339 e. The summed E-state index contributed by atoms with van der Waals surface area (Å²) in [6.45, 7) is 2.50. The lowest BCUT2D eigenvalue weighted by molar-refractivity contribution is -0.133. The van der Waals surface area contributed by atoms with E-state index in [1.165, 1.54) is 12.3 Å². The van der Waals surface area contributed by atoms with Gasteiger partial charge in [-0.2, -0.15) is 5.10 Å². The summed E-state index contributed by atoms with van der Waals surface area (Å²) in [6.07, 6.45) is 1.48. The number of piperazine rings is 1. The van der Waals surface area contributed by atoms with Crippen LogP contribution in [0.2, 0.25) is 0 Å². The third-order valence-corrected chi connectivity index (χ3v) is 3.20. The van der Waals surface area contributed by atoms with Crippen LogP contribution in [0.25, 0.3) is 0 Å². The number of hydrogen-bond donors (Lipinski definition) is 0.